The van der Waals surface area contributed by atoms with E-state index < -0.39 is 0 Å². The molecule has 0 amide bonds. The van der Waals surface area contributed by atoms with Crippen molar-refractivity contribution in [3.63, 3.8) is 0 Å². The molecule has 4 heterocycles. The van der Waals surface area contributed by atoms with E-state index in [1.165, 1.54) is 0 Å². The van der Waals surface area contributed by atoms with Crippen molar-refractivity contribution in [2.45, 2.75) is 52.1 Å². The van der Waals surface area contributed by atoms with E-state index in [0.717, 1.165) is 48.1 Å². The highest BCUT2D eigenvalue weighted by atomic mass is 15.4. The molecule has 4 rings (SSSR count). The van der Waals surface area contributed by atoms with E-state index in [1.54, 1.807) is 6.20 Å². The van der Waals surface area contributed by atoms with Crippen molar-refractivity contribution in [1.82, 2.24) is 29.4 Å². The lowest BCUT2D eigenvalue weighted by molar-refractivity contribution is 0.436. The number of rotatable bonds is 3. The summed E-state index contributed by atoms with van der Waals surface area (Å²) in [5, 5.41) is 12.6. The quantitative estimate of drug-likeness (QED) is 0.805. The summed E-state index contributed by atoms with van der Waals surface area (Å²) in [5.74, 6) is 3.12. The molecular weight excluding hydrogens is 290 g/mol. The second kappa shape index (κ2) is 5.33. The average molecular weight is 311 g/mol. The molecule has 3 aromatic rings. The first-order valence-corrected chi connectivity index (χ1v) is 8.14. The van der Waals surface area contributed by atoms with Gasteiger partial charge < -0.3 is 5.32 Å². The van der Waals surface area contributed by atoms with E-state index in [2.05, 4.69) is 34.3 Å². The molecule has 1 unspecified atom stereocenters. The number of aromatic nitrogens is 6. The van der Waals surface area contributed by atoms with Gasteiger partial charge in [0.15, 0.2) is 11.6 Å². The van der Waals surface area contributed by atoms with E-state index in [0.29, 0.717) is 5.92 Å². The SMILES string of the molecule is Cc1cc2c(NC3CCCn4nc(C(C)C)nc43)nccn2n1. The predicted octanol–water partition coefficient (Wildman–Crippen LogP) is 2.70. The molecule has 0 saturated heterocycles. The Morgan fingerprint density at radius 2 is 2.17 bits per heavy atom. The average Bonchev–Trinajstić information content (AvgIpc) is 3.11. The molecule has 0 spiro atoms. The minimum atomic E-state index is 0.137. The zero-order valence-electron chi connectivity index (χ0n) is 13.7. The van der Waals surface area contributed by atoms with Gasteiger partial charge >= 0.3 is 0 Å². The van der Waals surface area contributed by atoms with Crippen molar-refractivity contribution in [3.05, 3.63) is 35.8 Å². The second-order valence-corrected chi connectivity index (χ2v) is 6.44. The maximum atomic E-state index is 4.75. The Kier molecular flexibility index (Phi) is 3.28. The maximum absolute atomic E-state index is 4.75. The molecule has 1 atom stereocenters. The summed E-state index contributed by atoms with van der Waals surface area (Å²) < 4.78 is 3.90. The van der Waals surface area contributed by atoms with E-state index in [9.17, 15) is 0 Å². The minimum Gasteiger partial charge on any atom is -0.358 e. The molecule has 1 N–H and O–H groups in total. The van der Waals surface area contributed by atoms with E-state index in [-0.39, 0.29) is 6.04 Å². The van der Waals surface area contributed by atoms with Crippen molar-refractivity contribution in [2.24, 2.45) is 0 Å². The van der Waals surface area contributed by atoms with Crippen LogP contribution in [0.2, 0.25) is 0 Å². The standard InChI is InChI=1S/C16H21N7/c1-10(2)14-19-16-12(5-4-7-23(16)21-14)18-15-13-9-11(3)20-22(13)8-6-17-15/h6,8-10,12H,4-5,7H2,1-3H3,(H,17,18). The van der Waals surface area contributed by atoms with Crippen LogP contribution in [0.4, 0.5) is 5.82 Å². The van der Waals surface area contributed by atoms with Crippen LogP contribution in [0.3, 0.4) is 0 Å². The normalized spacial score (nSPS) is 17.7. The summed E-state index contributed by atoms with van der Waals surface area (Å²) in [4.78, 5) is 9.25. The number of hydrogen-bond donors (Lipinski definition) is 1. The molecule has 1 aliphatic rings. The molecule has 0 aromatic carbocycles. The lowest BCUT2D eigenvalue weighted by Crippen LogP contribution is -2.23. The van der Waals surface area contributed by atoms with Crippen LogP contribution in [-0.4, -0.2) is 29.4 Å². The van der Waals surface area contributed by atoms with Gasteiger partial charge in [-0.15, -0.1) is 0 Å². The largest absolute Gasteiger partial charge is 0.358 e. The molecule has 0 radical (unpaired) electrons. The maximum Gasteiger partial charge on any atom is 0.153 e. The van der Waals surface area contributed by atoms with Crippen LogP contribution in [0.1, 0.15) is 56.0 Å². The van der Waals surface area contributed by atoms with Gasteiger partial charge in [0, 0.05) is 24.9 Å². The lowest BCUT2D eigenvalue weighted by Gasteiger charge is -2.23. The highest BCUT2D eigenvalue weighted by Gasteiger charge is 2.25. The Bertz CT molecular complexity index is 845. The van der Waals surface area contributed by atoms with Gasteiger partial charge in [-0.25, -0.2) is 19.2 Å². The monoisotopic (exact) mass is 311 g/mol. The first kappa shape index (κ1) is 14.2. The molecule has 120 valence electrons. The van der Waals surface area contributed by atoms with Gasteiger partial charge in [-0.3, -0.25) is 0 Å². The number of hydrogen-bond acceptors (Lipinski definition) is 5. The summed E-state index contributed by atoms with van der Waals surface area (Å²) in [6, 6.07) is 2.18. The third-order valence-electron chi connectivity index (χ3n) is 4.23. The number of aryl methyl sites for hydroxylation is 2. The van der Waals surface area contributed by atoms with Crippen molar-refractivity contribution in [1.29, 1.82) is 0 Å². The molecule has 3 aromatic heterocycles. The van der Waals surface area contributed by atoms with E-state index in [4.69, 9.17) is 4.98 Å². The molecule has 0 bridgehead atoms. The van der Waals surface area contributed by atoms with E-state index in [1.807, 2.05) is 28.4 Å². The summed E-state index contributed by atoms with van der Waals surface area (Å²) >= 11 is 0. The van der Waals surface area contributed by atoms with E-state index >= 15 is 0 Å². The Labute approximate surface area is 134 Å². The fourth-order valence-corrected chi connectivity index (χ4v) is 3.07. The van der Waals surface area contributed by atoms with Gasteiger partial charge in [0.1, 0.15) is 11.3 Å². The lowest BCUT2D eigenvalue weighted by atomic mass is 10.1. The molecular formula is C16H21N7. The first-order chi connectivity index (χ1) is 11.1. The van der Waals surface area contributed by atoms with Crippen LogP contribution in [0.15, 0.2) is 18.5 Å². The third kappa shape index (κ3) is 2.46. The molecule has 23 heavy (non-hydrogen) atoms. The highest BCUT2D eigenvalue weighted by molar-refractivity contribution is 5.68. The van der Waals surface area contributed by atoms with Crippen LogP contribution in [0, 0.1) is 6.92 Å². The van der Waals surface area contributed by atoms with Crippen molar-refractivity contribution in [3.8, 4) is 0 Å². The molecule has 1 aliphatic heterocycles. The Morgan fingerprint density at radius 1 is 1.30 bits per heavy atom. The van der Waals surface area contributed by atoms with Gasteiger partial charge in [0.05, 0.1) is 11.7 Å². The predicted molar refractivity (Wildman–Crippen MR) is 87.4 cm³/mol. The van der Waals surface area contributed by atoms with Crippen LogP contribution < -0.4 is 5.32 Å². The topological polar surface area (TPSA) is 72.9 Å². The Hall–Kier alpha value is -2.44. The minimum absolute atomic E-state index is 0.137. The fourth-order valence-electron chi connectivity index (χ4n) is 3.07. The summed E-state index contributed by atoms with van der Waals surface area (Å²) in [6.07, 6.45) is 5.77. The fraction of sp³-hybridized carbons (Fsp3) is 0.500. The zero-order valence-corrected chi connectivity index (χ0v) is 13.7. The first-order valence-electron chi connectivity index (χ1n) is 8.14. The highest BCUT2D eigenvalue weighted by Crippen LogP contribution is 2.29. The van der Waals surface area contributed by atoms with Crippen LogP contribution in [-0.2, 0) is 6.54 Å². The Morgan fingerprint density at radius 3 is 3.00 bits per heavy atom. The Balaban J connectivity index is 1.69. The summed E-state index contributed by atoms with van der Waals surface area (Å²) in [6.45, 7) is 7.18. The molecule has 0 fully saturated rings. The number of fused-ring (bicyclic) bond motifs is 2. The number of nitrogens with zero attached hydrogens (tertiary/aromatic N) is 6. The molecule has 0 aliphatic carbocycles. The van der Waals surface area contributed by atoms with Gasteiger partial charge in [-0.05, 0) is 25.8 Å². The van der Waals surface area contributed by atoms with Crippen LogP contribution in [0.25, 0.3) is 5.52 Å². The molecule has 7 heteroatoms. The van der Waals surface area contributed by atoms with Gasteiger partial charge in [-0.1, -0.05) is 13.8 Å². The van der Waals surface area contributed by atoms with Crippen molar-refractivity contribution < 1.29 is 0 Å². The van der Waals surface area contributed by atoms with Crippen molar-refractivity contribution in [2.75, 3.05) is 5.32 Å². The second-order valence-electron chi connectivity index (χ2n) is 6.44. The van der Waals surface area contributed by atoms with Crippen molar-refractivity contribution >= 4 is 11.3 Å². The molecule has 0 saturated carbocycles. The van der Waals surface area contributed by atoms with Crippen LogP contribution in [0.5, 0.6) is 0 Å². The summed E-state index contributed by atoms with van der Waals surface area (Å²) in [7, 11) is 0. The van der Waals surface area contributed by atoms with Gasteiger partial charge in [0.25, 0.3) is 0 Å². The smallest absolute Gasteiger partial charge is 0.153 e. The third-order valence-corrected chi connectivity index (χ3v) is 4.23. The number of nitrogens with one attached hydrogen (secondary N) is 1. The summed E-state index contributed by atoms with van der Waals surface area (Å²) in [5.41, 5.74) is 1.97. The van der Waals surface area contributed by atoms with Crippen LogP contribution >= 0.6 is 0 Å². The van der Waals surface area contributed by atoms with Gasteiger partial charge in [0.2, 0.25) is 0 Å². The van der Waals surface area contributed by atoms with Gasteiger partial charge in [-0.2, -0.15) is 10.2 Å². The molecule has 7 nitrogen and oxygen atoms in total. The number of anilines is 1. The zero-order chi connectivity index (χ0) is 16.0.